The molecule has 96 valence electrons. The zero-order valence-electron chi connectivity index (χ0n) is 11.0. The number of rotatable bonds is 9. The number of hydrogen-bond acceptors (Lipinski definition) is 3. The van der Waals surface area contributed by atoms with Crippen LogP contribution in [0, 0.1) is 0 Å². The Balaban J connectivity index is 4.06. The zero-order valence-corrected chi connectivity index (χ0v) is 11.0. The van der Waals surface area contributed by atoms with Crippen LogP contribution in [-0.4, -0.2) is 48.7 Å². The molecule has 0 saturated heterocycles. The minimum atomic E-state index is -0.773. The van der Waals surface area contributed by atoms with Crippen molar-refractivity contribution >= 4 is 5.97 Å². The summed E-state index contributed by atoms with van der Waals surface area (Å²) in [5, 5.41) is 12.4. The van der Waals surface area contributed by atoms with Crippen molar-refractivity contribution in [1.82, 2.24) is 10.2 Å². The smallest absolute Gasteiger partial charge is 0.323 e. The molecule has 0 radical (unpaired) electrons. The summed E-state index contributed by atoms with van der Waals surface area (Å²) < 4.78 is 0. The number of hydrogen-bond donors (Lipinski definition) is 2. The first kappa shape index (κ1) is 15.4. The molecule has 0 fully saturated rings. The summed E-state index contributed by atoms with van der Waals surface area (Å²) >= 11 is 0. The molecule has 1 atom stereocenters. The number of likely N-dealkylation sites (N-methyl/N-ethyl adjacent to an activating group) is 1. The van der Waals surface area contributed by atoms with Crippen molar-refractivity contribution in [2.24, 2.45) is 0 Å². The minimum absolute atomic E-state index is 0.698. The second-order valence-electron chi connectivity index (χ2n) is 4.82. The van der Waals surface area contributed by atoms with Gasteiger partial charge in [-0.3, -0.25) is 4.79 Å². The standard InChI is InChI=1S/C12H26N2O2/c1-5-6-7-8-12(2,11(15)16)13-9-10-14(3)4/h13H,5-10H2,1-4H3,(H,15,16). The third-order valence-electron chi connectivity index (χ3n) is 2.83. The fraction of sp³-hybridized carbons (Fsp3) is 0.917. The quantitative estimate of drug-likeness (QED) is 0.590. The van der Waals surface area contributed by atoms with Crippen molar-refractivity contribution < 1.29 is 9.90 Å². The molecule has 0 aliphatic rings. The van der Waals surface area contributed by atoms with E-state index in [1.807, 2.05) is 19.0 Å². The lowest BCUT2D eigenvalue weighted by atomic mass is 9.94. The van der Waals surface area contributed by atoms with Crippen LogP contribution in [0.1, 0.15) is 39.5 Å². The summed E-state index contributed by atoms with van der Waals surface area (Å²) in [5.41, 5.74) is -0.773. The van der Waals surface area contributed by atoms with Gasteiger partial charge in [0.2, 0.25) is 0 Å². The number of aliphatic carboxylic acids is 1. The Morgan fingerprint density at radius 1 is 1.38 bits per heavy atom. The van der Waals surface area contributed by atoms with Gasteiger partial charge in [-0.15, -0.1) is 0 Å². The van der Waals surface area contributed by atoms with E-state index in [-0.39, 0.29) is 0 Å². The molecule has 0 rings (SSSR count). The molecule has 16 heavy (non-hydrogen) atoms. The van der Waals surface area contributed by atoms with E-state index >= 15 is 0 Å². The third-order valence-corrected chi connectivity index (χ3v) is 2.83. The van der Waals surface area contributed by atoms with E-state index in [1.165, 1.54) is 0 Å². The molecule has 4 nitrogen and oxygen atoms in total. The molecule has 1 unspecified atom stereocenters. The van der Waals surface area contributed by atoms with Gasteiger partial charge in [-0.05, 0) is 27.4 Å². The normalized spacial score (nSPS) is 15.1. The van der Waals surface area contributed by atoms with Gasteiger partial charge in [0.1, 0.15) is 5.54 Å². The Morgan fingerprint density at radius 2 is 2.00 bits per heavy atom. The minimum Gasteiger partial charge on any atom is -0.480 e. The second-order valence-corrected chi connectivity index (χ2v) is 4.82. The highest BCUT2D eigenvalue weighted by Crippen LogP contribution is 2.15. The Kier molecular flexibility index (Phi) is 7.34. The van der Waals surface area contributed by atoms with Gasteiger partial charge >= 0.3 is 5.97 Å². The van der Waals surface area contributed by atoms with E-state index in [0.29, 0.717) is 13.0 Å². The molecule has 0 aliphatic heterocycles. The average molecular weight is 230 g/mol. The van der Waals surface area contributed by atoms with Gasteiger partial charge in [0.05, 0.1) is 0 Å². The van der Waals surface area contributed by atoms with E-state index < -0.39 is 11.5 Å². The molecule has 0 aromatic heterocycles. The van der Waals surface area contributed by atoms with E-state index in [1.54, 1.807) is 6.92 Å². The SMILES string of the molecule is CCCCCC(C)(NCCN(C)C)C(=O)O. The molecule has 0 saturated carbocycles. The van der Waals surface area contributed by atoms with Crippen LogP contribution in [0.2, 0.25) is 0 Å². The van der Waals surface area contributed by atoms with Gasteiger partial charge in [-0.25, -0.2) is 0 Å². The maximum absolute atomic E-state index is 11.2. The first-order chi connectivity index (χ1) is 7.42. The fourth-order valence-corrected chi connectivity index (χ4v) is 1.55. The molecular weight excluding hydrogens is 204 g/mol. The topological polar surface area (TPSA) is 52.6 Å². The first-order valence-electron chi connectivity index (χ1n) is 6.05. The van der Waals surface area contributed by atoms with Crippen LogP contribution in [0.15, 0.2) is 0 Å². The van der Waals surface area contributed by atoms with Crippen molar-refractivity contribution in [2.45, 2.75) is 45.1 Å². The molecule has 4 heteroatoms. The monoisotopic (exact) mass is 230 g/mol. The number of unbranched alkanes of at least 4 members (excludes halogenated alkanes) is 2. The van der Waals surface area contributed by atoms with Crippen molar-refractivity contribution in [1.29, 1.82) is 0 Å². The predicted molar refractivity (Wildman–Crippen MR) is 66.7 cm³/mol. The van der Waals surface area contributed by atoms with Gasteiger partial charge in [-0.2, -0.15) is 0 Å². The molecular formula is C12H26N2O2. The van der Waals surface area contributed by atoms with Gasteiger partial charge in [0.25, 0.3) is 0 Å². The van der Waals surface area contributed by atoms with Gasteiger partial charge in [-0.1, -0.05) is 26.2 Å². The van der Waals surface area contributed by atoms with Gasteiger partial charge < -0.3 is 15.3 Å². The highest BCUT2D eigenvalue weighted by atomic mass is 16.4. The van der Waals surface area contributed by atoms with Crippen molar-refractivity contribution in [3.05, 3.63) is 0 Å². The van der Waals surface area contributed by atoms with Crippen LogP contribution < -0.4 is 5.32 Å². The summed E-state index contributed by atoms with van der Waals surface area (Å²) in [5.74, 6) is -0.748. The van der Waals surface area contributed by atoms with Crippen LogP contribution in [-0.2, 0) is 4.79 Å². The summed E-state index contributed by atoms with van der Waals surface area (Å²) in [6, 6.07) is 0. The Bertz CT molecular complexity index is 207. The summed E-state index contributed by atoms with van der Waals surface area (Å²) in [4.78, 5) is 13.3. The molecule has 0 spiro atoms. The summed E-state index contributed by atoms with van der Waals surface area (Å²) in [7, 11) is 3.97. The first-order valence-corrected chi connectivity index (χ1v) is 6.05. The fourth-order valence-electron chi connectivity index (χ4n) is 1.55. The van der Waals surface area contributed by atoms with E-state index in [2.05, 4.69) is 12.2 Å². The molecule has 0 aromatic carbocycles. The largest absolute Gasteiger partial charge is 0.480 e. The molecule has 0 heterocycles. The van der Waals surface area contributed by atoms with E-state index in [0.717, 1.165) is 25.8 Å². The van der Waals surface area contributed by atoms with Crippen molar-refractivity contribution in [3.63, 3.8) is 0 Å². The van der Waals surface area contributed by atoms with Crippen molar-refractivity contribution in [2.75, 3.05) is 27.2 Å². The zero-order chi connectivity index (χ0) is 12.6. The summed E-state index contributed by atoms with van der Waals surface area (Å²) in [6.45, 7) is 5.47. The number of nitrogens with one attached hydrogen (secondary N) is 1. The average Bonchev–Trinajstić information content (AvgIpc) is 2.17. The molecule has 0 aromatic rings. The number of nitrogens with zero attached hydrogens (tertiary/aromatic N) is 1. The Morgan fingerprint density at radius 3 is 2.44 bits per heavy atom. The van der Waals surface area contributed by atoms with Crippen LogP contribution in [0.25, 0.3) is 0 Å². The third kappa shape index (κ3) is 6.08. The lowest BCUT2D eigenvalue weighted by Crippen LogP contribution is -2.51. The lowest BCUT2D eigenvalue weighted by Gasteiger charge is -2.27. The van der Waals surface area contributed by atoms with Crippen LogP contribution >= 0.6 is 0 Å². The van der Waals surface area contributed by atoms with Crippen molar-refractivity contribution in [3.8, 4) is 0 Å². The van der Waals surface area contributed by atoms with Gasteiger partial charge in [0, 0.05) is 13.1 Å². The van der Waals surface area contributed by atoms with Crippen LogP contribution in [0.3, 0.4) is 0 Å². The second kappa shape index (κ2) is 7.63. The maximum Gasteiger partial charge on any atom is 0.323 e. The van der Waals surface area contributed by atoms with Crippen LogP contribution in [0.5, 0.6) is 0 Å². The predicted octanol–water partition coefficient (Wildman–Crippen LogP) is 1.56. The lowest BCUT2D eigenvalue weighted by molar-refractivity contribution is -0.144. The highest BCUT2D eigenvalue weighted by molar-refractivity contribution is 5.78. The molecule has 0 aliphatic carbocycles. The number of carboxylic acids is 1. The highest BCUT2D eigenvalue weighted by Gasteiger charge is 2.31. The Labute approximate surface area is 99.0 Å². The summed E-state index contributed by atoms with van der Waals surface area (Å²) in [6.07, 6.45) is 3.88. The molecule has 2 N–H and O–H groups in total. The molecule has 0 bridgehead atoms. The van der Waals surface area contributed by atoms with E-state index in [9.17, 15) is 9.90 Å². The van der Waals surface area contributed by atoms with E-state index in [4.69, 9.17) is 0 Å². The maximum atomic E-state index is 11.2. The Hall–Kier alpha value is -0.610. The number of carbonyl (C=O) groups is 1. The number of carboxylic acid groups (broad SMARTS) is 1. The molecule has 0 amide bonds. The van der Waals surface area contributed by atoms with Crippen LogP contribution in [0.4, 0.5) is 0 Å². The van der Waals surface area contributed by atoms with Gasteiger partial charge in [0.15, 0.2) is 0 Å².